The quantitative estimate of drug-likeness (QED) is 0.843. The first kappa shape index (κ1) is 12.0. The van der Waals surface area contributed by atoms with Gasteiger partial charge in [-0.15, -0.1) is 0 Å². The summed E-state index contributed by atoms with van der Waals surface area (Å²) >= 11 is 5.69. The van der Waals surface area contributed by atoms with Crippen molar-refractivity contribution in [3.8, 4) is 0 Å². The van der Waals surface area contributed by atoms with Crippen LogP contribution < -0.4 is 0 Å². The molecule has 0 heterocycles. The largest absolute Gasteiger partial charge is 0.481 e. The minimum absolute atomic E-state index is 0.263. The average molecular weight is 231 g/mol. The molecule has 0 bridgehead atoms. The molecule has 1 unspecified atom stereocenters. The molecule has 1 N–H and O–H groups in total. The van der Waals surface area contributed by atoms with Crippen LogP contribution >= 0.6 is 11.6 Å². The Morgan fingerprint density at radius 1 is 1.40 bits per heavy atom. The number of hydrogen-bond acceptors (Lipinski definition) is 1. The van der Waals surface area contributed by atoms with Gasteiger partial charge in [0.1, 0.15) is 0 Å². The van der Waals surface area contributed by atoms with Gasteiger partial charge in [0, 0.05) is 5.02 Å². The summed E-state index contributed by atoms with van der Waals surface area (Å²) in [4.78, 5) is 10.9. The van der Waals surface area contributed by atoms with Gasteiger partial charge in [0.05, 0.1) is 12.6 Å². The maximum Gasteiger partial charge on any atom is 0.310 e. The van der Waals surface area contributed by atoms with Crippen molar-refractivity contribution in [3.63, 3.8) is 0 Å². The Morgan fingerprint density at radius 3 is 2.47 bits per heavy atom. The van der Waals surface area contributed by atoms with Crippen LogP contribution in [0.1, 0.15) is 24.3 Å². The lowest BCUT2D eigenvalue weighted by molar-refractivity contribution is -0.139. The third-order valence-electron chi connectivity index (χ3n) is 2.20. The van der Waals surface area contributed by atoms with Gasteiger partial charge in [0.15, 0.2) is 0 Å². The van der Waals surface area contributed by atoms with Gasteiger partial charge in [0.2, 0.25) is 0 Å². The highest BCUT2D eigenvalue weighted by Gasteiger charge is 2.18. The molecule has 0 saturated carbocycles. The highest BCUT2D eigenvalue weighted by molar-refractivity contribution is 6.30. The van der Waals surface area contributed by atoms with Crippen molar-refractivity contribution in [1.82, 2.24) is 0 Å². The van der Waals surface area contributed by atoms with E-state index in [1.807, 2.05) is 0 Å². The predicted octanol–water partition coefficient (Wildman–Crippen LogP) is 3.26. The highest BCUT2D eigenvalue weighted by atomic mass is 35.5. The van der Waals surface area contributed by atoms with Crippen LogP contribution in [0.3, 0.4) is 0 Å². The van der Waals surface area contributed by atoms with Crippen LogP contribution in [0.2, 0.25) is 5.02 Å². The molecule has 1 aromatic carbocycles. The third-order valence-corrected chi connectivity index (χ3v) is 2.45. The molecule has 0 radical (unpaired) electrons. The summed E-state index contributed by atoms with van der Waals surface area (Å²) in [7, 11) is 0. The molecule has 4 heteroatoms. The van der Waals surface area contributed by atoms with Crippen molar-refractivity contribution in [2.75, 3.05) is 6.67 Å². The van der Waals surface area contributed by atoms with Crippen molar-refractivity contribution in [2.45, 2.75) is 18.8 Å². The first-order valence-electron chi connectivity index (χ1n) is 4.69. The van der Waals surface area contributed by atoms with E-state index in [2.05, 4.69) is 0 Å². The summed E-state index contributed by atoms with van der Waals surface area (Å²) in [5.41, 5.74) is 0.667. The number of alkyl halides is 1. The van der Waals surface area contributed by atoms with Gasteiger partial charge in [-0.25, -0.2) is 0 Å². The normalized spacial score (nSPS) is 12.4. The van der Waals surface area contributed by atoms with Gasteiger partial charge in [-0.05, 0) is 30.5 Å². The fraction of sp³-hybridized carbons (Fsp3) is 0.364. The first-order valence-corrected chi connectivity index (χ1v) is 5.07. The second-order valence-electron chi connectivity index (χ2n) is 3.27. The van der Waals surface area contributed by atoms with Crippen LogP contribution in [0.15, 0.2) is 24.3 Å². The summed E-state index contributed by atoms with van der Waals surface area (Å²) in [5, 5.41) is 9.53. The lowest BCUT2D eigenvalue weighted by atomic mass is 9.95. The number of hydrogen-bond donors (Lipinski definition) is 1. The number of halogens is 2. The predicted molar refractivity (Wildman–Crippen MR) is 57.0 cm³/mol. The van der Waals surface area contributed by atoms with E-state index in [0.29, 0.717) is 17.0 Å². The number of rotatable bonds is 5. The summed E-state index contributed by atoms with van der Waals surface area (Å²) in [6.45, 7) is -0.489. The topological polar surface area (TPSA) is 37.3 Å². The number of carbonyl (C=O) groups is 1. The molecular formula is C11H12ClFO2. The van der Waals surface area contributed by atoms with E-state index in [1.165, 1.54) is 0 Å². The molecule has 0 aromatic heterocycles. The number of carboxylic acid groups (broad SMARTS) is 1. The van der Waals surface area contributed by atoms with E-state index in [1.54, 1.807) is 24.3 Å². The molecule has 0 spiro atoms. The molecule has 2 nitrogen and oxygen atoms in total. The lowest BCUT2D eigenvalue weighted by Crippen LogP contribution is -2.11. The Bertz CT molecular complexity index is 324. The molecule has 1 atom stereocenters. The van der Waals surface area contributed by atoms with Crippen LogP contribution in [0.25, 0.3) is 0 Å². The minimum atomic E-state index is -0.925. The van der Waals surface area contributed by atoms with Gasteiger partial charge in [0.25, 0.3) is 0 Å². The number of benzene rings is 1. The van der Waals surface area contributed by atoms with Crippen molar-refractivity contribution in [2.24, 2.45) is 0 Å². The van der Waals surface area contributed by atoms with E-state index in [0.717, 1.165) is 0 Å². The zero-order valence-electron chi connectivity index (χ0n) is 8.12. The summed E-state index contributed by atoms with van der Waals surface area (Å²) in [6, 6.07) is 6.61. The second kappa shape index (κ2) is 5.71. The monoisotopic (exact) mass is 230 g/mol. The van der Waals surface area contributed by atoms with E-state index < -0.39 is 18.6 Å². The Hall–Kier alpha value is -1.09. The molecule has 0 aliphatic heterocycles. The Labute approximate surface area is 92.7 Å². The standard InChI is InChI=1S/C11H12ClFO2/c12-9-5-3-8(4-6-9)10(11(14)15)2-1-7-13/h3-6,10H,1-2,7H2,(H,14,15). The summed E-state index contributed by atoms with van der Waals surface area (Å²) in [5.74, 6) is -1.57. The second-order valence-corrected chi connectivity index (χ2v) is 3.71. The zero-order valence-corrected chi connectivity index (χ0v) is 8.88. The number of aliphatic carboxylic acids is 1. The van der Waals surface area contributed by atoms with Gasteiger partial charge >= 0.3 is 5.97 Å². The highest BCUT2D eigenvalue weighted by Crippen LogP contribution is 2.23. The Morgan fingerprint density at radius 2 is 2.00 bits per heavy atom. The molecule has 0 saturated heterocycles. The molecule has 1 aromatic rings. The fourth-order valence-corrected chi connectivity index (χ4v) is 1.54. The van der Waals surface area contributed by atoms with Gasteiger partial charge < -0.3 is 5.11 Å². The number of carboxylic acids is 1. The Balaban J connectivity index is 2.79. The molecule has 0 aliphatic rings. The van der Waals surface area contributed by atoms with Crippen LogP contribution in [-0.2, 0) is 4.79 Å². The Kier molecular flexibility index (Phi) is 4.56. The molecule has 82 valence electrons. The first-order chi connectivity index (χ1) is 7.15. The van der Waals surface area contributed by atoms with Crippen molar-refractivity contribution < 1.29 is 14.3 Å². The minimum Gasteiger partial charge on any atom is -0.481 e. The molecular weight excluding hydrogens is 219 g/mol. The van der Waals surface area contributed by atoms with E-state index >= 15 is 0 Å². The lowest BCUT2D eigenvalue weighted by Gasteiger charge is -2.11. The van der Waals surface area contributed by atoms with Gasteiger partial charge in [-0.1, -0.05) is 23.7 Å². The molecule has 0 amide bonds. The average Bonchev–Trinajstić information content (AvgIpc) is 2.21. The fourth-order valence-electron chi connectivity index (χ4n) is 1.41. The smallest absolute Gasteiger partial charge is 0.310 e. The van der Waals surface area contributed by atoms with Gasteiger partial charge in [-0.2, -0.15) is 0 Å². The van der Waals surface area contributed by atoms with E-state index in [4.69, 9.17) is 16.7 Å². The van der Waals surface area contributed by atoms with Crippen LogP contribution in [-0.4, -0.2) is 17.8 Å². The van der Waals surface area contributed by atoms with Crippen LogP contribution in [0.4, 0.5) is 4.39 Å². The summed E-state index contributed by atoms with van der Waals surface area (Å²) < 4.78 is 12.0. The van der Waals surface area contributed by atoms with Crippen molar-refractivity contribution in [3.05, 3.63) is 34.9 Å². The molecule has 15 heavy (non-hydrogen) atoms. The summed E-state index contributed by atoms with van der Waals surface area (Å²) in [6.07, 6.45) is 0.576. The molecule has 0 aliphatic carbocycles. The molecule has 0 fully saturated rings. The van der Waals surface area contributed by atoms with Gasteiger partial charge in [-0.3, -0.25) is 9.18 Å². The van der Waals surface area contributed by atoms with Crippen molar-refractivity contribution in [1.29, 1.82) is 0 Å². The van der Waals surface area contributed by atoms with E-state index in [9.17, 15) is 9.18 Å². The molecule has 1 rings (SSSR count). The van der Waals surface area contributed by atoms with Crippen LogP contribution in [0.5, 0.6) is 0 Å². The van der Waals surface area contributed by atoms with E-state index in [-0.39, 0.29) is 6.42 Å². The maximum atomic E-state index is 12.0. The maximum absolute atomic E-state index is 12.0. The van der Waals surface area contributed by atoms with Crippen molar-refractivity contribution >= 4 is 17.6 Å². The third kappa shape index (κ3) is 3.51. The zero-order chi connectivity index (χ0) is 11.3. The SMILES string of the molecule is O=C(O)C(CCCF)c1ccc(Cl)cc1. The van der Waals surface area contributed by atoms with Crippen LogP contribution in [0, 0.1) is 0 Å².